The quantitative estimate of drug-likeness (QED) is 0.849. The standard InChI is InChI=1S/C19H21FN2O4S/c1-13-8-9-16(26-2)12-18(13)27(24,25)22-10-4-7-17(22)19(23)21-15-6-3-5-14(20)11-15/h3,5-6,8-9,11-12,17H,4,7,10H2,1-2H3,(H,21,23)/t17-/m0/s1. The SMILES string of the molecule is COc1ccc(C)c(S(=O)(=O)N2CCC[C@H]2C(=O)Nc2cccc(F)c2)c1. The van der Waals surface area contributed by atoms with E-state index in [2.05, 4.69) is 5.32 Å². The Balaban J connectivity index is 1.88. The normalized spacial score (nSPS) is 17.7. The third-order valence-corrected chi connectivity index (χ3v) is 6.63. The Labute approximate surface area is 158 Å². The molecule has 1 amide bonds. The summed E-state index contributed by atoms with van der Waals surface area (Å²) in [6.45, 7) is 1.95. The van der Waals surface area contributed by atoms with Gasteiger partial charge in [0.05, 0.1) is 12.0 Å². The first-order valence-corrected chi connectivity index (χ1v) is 10.00. The van der Waals surface area contributed by atoms with Gasteiger partial charge in [-0.2, -0.15) is 4.31 Å². The number of amides is 1. The van der Waals surface area contributed by atoms with Gasteiger partial charge in [-0.15, -0.1) is 0 Å². The van der Waals surface area contributed by atoms with Crippen molar-refractivity contribution in [1.82, 2.24) is 4.31 Å². The molecule has 2 aromatic carbocycles. The van der Waals surface area contributed by atoms with E-state index in [0.29, 0.717) is 29.8 Å². The van der Waals surface area contributed by atoms with E-state index in [4.69, 9.17) is 4.74 Å². The molecule has 0 bridgehead atoms. The van der Waals surface area contributed by atoms with Crippen LogP contribution in [-0.4, -0.2) is 38.3 Å². The minimum absolute atomic E-state index is 0.118. The molecule has 1 fully saturated rings. The third kappa shape index (κ3) is 3.96. The van der Waals surface area contributed by atoms with Crippen molar-refractivity contribution in [2.75, 3.05) is 19.0 Å². The lowest BCUT2D eigenvalue weighted by Crippen LogP contribution is -2.43. The second-order valence-electron chi connectivity index (χ2n) is 6.40. The summed E-state index contributed by atoms with van der Waals surface area (Å²) in [5.41, 5.74) is 0.869. The lowest BCUT2D eigenvalue weighted by Gasteiger charge is -2.24. The van der Waals surface area contributed by atoms with Gasteiger partial charge in [-0.25, -0.2) is 12.8 Å². The Kier molecular flexibility index (Phi) is 5.48. The van der Waals surface area contributed by atoms with E-state index in [1.807, 2.05) is 0 Å². The van der Waals surface area contributed by atoms with Crippen LogP contribution >= 0.6 is 0 Å². The van der Waals surface area contributed by atoms with Crippen molar-refractivity contribution < 1.29 is 22.3 Å². The number of carbonyl (C=O) groups is 1. The van der Waals surface area contributed by atoms with Crippen LogP contribution in [0.1, 0.15) is 18.4 Å². The highest BCUT2D eigenvalue weighted by Crippen LogP contribution is 2.30. The molecule has 0 aromatic heterocycles. The van der Waals surface area contributed by atoms with Crippen molar-refractivity contribution >= 4 is 21.6 Å². The molecule has 2 aromatic rings. The van der Waals surface area contributed by atoms with E-state index < -0.39 is 27.8 Å². The Bertz CT molecular complexity index is 962. The van der Waals surface area contributed by atoms with Crippen molar-refractivity contribution in [2.45, 2.75) is 30.7 Å². The first kappa shape index (κ1) is 19.3. The second kappa shape index (κ2) is 7.66. The van der Waals surface area contributed by atoms with Crippen molar-refractivity contribution in [3.8, 4) is 5.75 Å². The van der Waals surface area contributed by atoms with Gasteiger partial charge >= 0.3 is 0 Å². The topological polar surface area (TPSA) is 75.7 Å². The number of ether oxygens (including phenoxy) is 1. The number of halogens is 1. The lowest BCUT2D eigenvalue weighted by molar-refractivity contribution is -0.119. The summed E-state index contributed by atoms with van der Waals surface area (Å²) in [7, 11) is -2.41. The van der Waals surface area contributed by atoms with Crippen LogP contribution in [0.2, 0.25) is 0 Å². The number of aryl methyl sites for hydroxylation is 1. The number of rotatable bonds is 5. The number of hydrogen-bond acceptors (Lipinski definition) is 4. The Hall–Kier alpha value is -2.45. The number of sulfonamides is 1. The highest BCUT2D eigenvalue weighted by atomic mass is 32.2. The van der Waals surface area contributed by atoms with Gasteiger partial charge < -0.3 is 10.1 Å². The van der Waals surface area contributed by atoms with E-state index in [1.54, 1.807) is 25.1 Å². The molecule has 6 nitrogen and oxygen atoms in total. The van der Waals surface area contributed by atoms with Gasteiger partial charge in [0, 0.05) is 18.3 Å². The molecule has 3 rings (SSSR count). The van der Waals surface area contributed by atoms with Crippen LogP contribution in [0.15, 0.2) is 47.4 Å². The maximum absolute atomic E-state index is 13.3. The number of anilines is 1. The zero-order valence-electron chi connectivity index (χ0n) is 15.1. The molecule has 8 heteroatoms. The Morgan fingerprint density at radius 1 is 1.26 bits per heavy atom. The maximum atomic E-state index is 13.3. The summed E-state index contributed by atoms with van der Waals surface area (Å²) >= 11 is 0. The summed E-state index contributed by atoms with van der Waals surface area (Å²) in [5, 5.41) is 2.61. The lowest BCUT2D eigenvalue weighted by atomic mass is 10.2. The minimum atomic E-state index is -3.88. The van der Waals surface area contributed by atoms with Crippen LogP contribution in [-0.2, 0) is 14.8 Å². The van der Waals surface area contributed by atoms with Gasteiger partial charge in [-0.1, -0.05) is 12.1 Å². The molecule has 0 saturated carbocycles. The molecule has 0 radical (unpaired) electrons. The third-order valence-electron chi connectivity index (χ3n) is 4.58. The van der Waals surface area contributed by atoms with Gasteiger partial charge in [0.15, 0.2) is 0 Å². The summed E-state index contributed by atoms with van der Waals surface area (Å²) in [6.07, 6.45) is 0.979. The molecule has 1 heterocycles. The van der Waals surface area contributed by atoms with Crippen LogP contribution in [0.3, 0.4) is 0 Å². The number of carbonyl (C=O) groups excluding carboxylic acids is 1. The highest BCUT2D eigenvalue weighted by molar-refractivity contribution is 7.89. The molecule has 0 aliphatic carbocycles. The fourth-order valence-electron chi connectivity index (χ4n) is 3.19. The van der Waals surface area contributed by atoms with Gasteiger partial charge in [0.1, 0.15) is 17.6 Å². The van der Waals surface area contributed by atoms with E-state index >= 15 is 0 Å². The predicted molar refractivity (Wildman–Crippen MR) is 99.7 cm³/mol. The molecular formula is C19H21FN2O4S. The van der Waals surface area contributed by atoms with Gasteiger partial charge in [-0.3, -0.25) is 4.79 Å². The van der Waals surface area contributed by atoms with Gasteiger partial charge in [-0.05, 0) is 49.6 Å². The highest BCUT2D eigenvalue weighted by Gasteiger charge is 2.40. The molecular weight excluding hydrogens is 371 g/mol. The summed E-state index contributed by atoms with van der Waals surface area (Å²) in [5.74, 6) is -0.517. The van der Waals surface area contributed by atoms with E-state index in [0.717, 1.165) is 0 Å². The average Bonchev–Trinajstić information content (AvgIpc) is 3.13. The average molecular weight is 392 g/mol. The summed E-state index contributed by atoms with van der Waals surface area (Å²) < 4.78 is 46.0. The summed E-state index contributed by atoms with van der Waals surface area (Å²) in [4.78, 5) is 12.8. The number of methoxy groups -OCH3 is 1. The number of benzene rings is 2. The number of hydrogen-bond donors (Lipinski definition) is 1. The van der Waals surface area contributed by atoms with E-state index in [1.165, 1.54) is 35.7 Å². The van der Waals surface area contributed by atoms with E-state index in [-0.39, 0.29) is 11.4 Å². The van der Waals surface area contributed by atoms with Crippen molar-refractivity contribution in [2.24, 2.45) is 0 Å². The van der Waals surface area contributed by atoms with Crippen LogP contribution < -0.4 is 10.1 Å². The maximum Gasteiger partial charge on any atom is 0.244 e. The molecule has 1 aliphatic rings. The fraction of sp³-hybridized carbons (Fsp3) is 0.316. The molecule has 0 spiro atoms. The summed E-state index contributed by atoms with van der Waals surface area (Å²) in [6, 6.07) is 9.48. The van der Waals surface area contributed by atoms with Gasteiger partial charge in [0.2, 0.25) is 15.9 Å². The molecule has 1 aliphatic heterocycles. The van der Waals surface area contributed by atoms with Gasteiger partial charge in [0.25, 0.3) is 0 Å². The Morgan fingerprint density at radius 2 is 2.04 bits per heavy atom. The Morgan fingerprint density at radius 3 is 2.74 bits per heavy atom. The minimum Gasteiger partial charge on any atom is -0.497 e. The zero-order valence-corrected chi connectivity index (χ0v) is 15.9. The van der Waals surface area contributed by atoms with Crippen molar-refractivity contribution in [3.63, 3.8) is 0 Å². The fourth-order valence-corrected chi connectivity index (χ4v) is 5.09. The van der Waals surface area contributed by atoms with Crippen molar-refractivity contribution in [1.29, 1.82) is 0 Å². The second-order valence-corrected chi connectivity index (χ2v) is 8.26. The largest absolute Gasteiger partial charge is 0.497 e. The van der Waals surface area contributed by atoms with Crippen LogP contribution in [0, 0.1) is 12.7 Å². The molecule has 1 N–H and O–H groups in total. The van der Waals surface area contributed by atoms with E-state index in [9.17, 15) is 17.6 Å². The molecule has 0 unspecified atom stereocenters. The first-order valence-electron chi connectivity index (χ1n) is 8.56. The first-order chi connectivity index (χ1) is 12.8. The molecule has 27 heavy (non-hydrogen) atoms. The number of nitrogens with zero attached hydrogens (tertiary/aromatic N) is 1. The monoisotopic (exact) mass is 392 g/mol. The molecule has 1 atom stereocenters. The predicted octanol–water partition coefficient (Wildman–Crippen LogP) is 2.93. The van der Waals surface area contributed by atoms with Crippen LogP contribution in [0.5, 0.6) is 5.75 Å². The van der Waals surface area contributed by atoms with Crippen LogP contribution in [0.25, 0.3) is 0 Å². The molecule has 144 valence electrons. The van der Waals surface area contributed by atoms with Crippen LogP contribution in [0.4, 0.5) is 10.1 Å². The smallest absolute Gasteiger partial charge is 0.244 e. The zero-order chi connectivity index (χ0) is 19.6. The van der Waals surface area contributed by atoms with Crippen molar-refractivity contribution in [3.05, 3.63) is 53.8 Å². The molecule has 1 saturated heterocycles. The number of nitrogens with one attached hydrogen (secondary N) is 1.